The van der Waals surface area contributed by atoms with Crippen LogP contribution in [0.4, 0.5) is 4.39 Å². The van der Waals surface area contributed by atoms with Gasteiger partial charge in [0, 0.05) is 12.7 Å². The third kappa shape index (κ3) is 4.95. The molecule has 0 saturated carbocycles. The predicted molar refractivity (Wildman–Crippen MR) is 97.4 cm³/mol. The molecule has 0 spiro atoms. The van der Waals surface area contributed by atoms with Crippen molar-refractivity contribution in [1.82, 2.24) is 5.32 Å². The van der Waals surface area contributed by atoms with Crippen molar-refractivity contribution < 1.29 is 23.4 Å². The van der Waals surface area contributed by atoms with Crippen LogP contribution in [0.15, 0.2) is 36.4 Å². The van der Waals surface area contributed by atoms with E-state index in [9.17, 15) is 9.18 Å². The highest BCUT2D eigenvalue weighted by Gasteiger charge is 2.15. The Morgan fingerprint density at radius 1 is 1.12 bits per heavy atom. The van der Waals surface area contributed by atoms with Crippen LogP contribution in [-0.2, 0) is 4.74 Å². The van der Waals surface area contributed by atoms with Crippen LogP contribution < -0.4 is 14.8 Å². The third-order valence-electron chi connectivity index (χ3n) is 4.01. The molecule has 0 aliphatic rings. The maximum Gasteiger partial charge on any atom is 0.251 e. The highest BCUT2D eigenvalue weighted by Crippen LogP contribution is 2.30. The highest BCUT2D eigenvalue weighted by molar-refractivity contribution is 5.94. The molecule has 140 valence electrons. The van der Waals surface area contributed by atoms with E-state index in [1.807, 2.05) is 19.1 Å². The molecule has 1 N–H and O–H groups in total. The molecule has 0 fully saturated rings. The number of rotatable bonds is 8. The van der Waals surface area contributed by atoms with Crippen LogP contribution in [0, 0.1) is 12.7 Å². The molecule has 0 aliphatic heterocycles. The van der Waals surface area contributed by atoms with Gasteiger partial charge in [0.2, 0.25) is 0 Å². The Balaban J connectivity index is 2.09. The summed E-state index contributed by atoms with van der Waals surface area (Å²) in [6.45, 7) is 4.40. The second-order valence-corrected chi connectivity index (χ2v) is 5.91. The van der Waals surface area contributed by atoms with E-state index in [1.165, 1.54) is 6.07 Å². The van der Waals surface area contributed by atoms with Gasteiger partial charge >= 0.3 is 0 Å². The highest BCUT2D eigenvalue weighted by atomic mass is 19.1. The number of ether oxygens (including phenoxy) is 3. The van der Waals surface area contributed by atoms with Crippen LogP contribution >= 0.6 is 0 Å². The van der Waals surface area contributed by atoms with Crippen LogP contribution in [0.25, 0.3) is 0 Å². The van der Waals surface area contributed by atoms with Crippen LogP contribution in [-0.4, -0.2) is 33.3 Å². The number of carbonyl (C=O) groups is 1. The SMILES string of the molecule is COCCOc1ccc([C@H](C)NC(=O)c2ccc(C)c(F)c2)cc1OC. The zero-order chi connectivity index (χ0) is 19.1. The lowest BCUT2D eigenvalue weighted by Gasteiger charge is -2.17. The molecule has 0 aliphatic carbocycles. The van der Waals surface area contributed by atoms with Crippen molar-refractivity contribution in [3.05, 3.63) is 58.9 Å². The summed E-state index contributed by atoms with van der Waals surface area (Å²) in [5.74, 6) is 0.439. The fourth-order valence-electron chi connectivity index (χ4n) is 2.41. The molecule has 0 unspecified atom stereocenters. The number of carbonyl (C=O) groups excluding carboxylic acids is 1. The standard InChI is InChI=1S/C20H24FNO4/c1-13-5-6-16(11-17(13)21)20(23)22-14(2)15-7-8-18(19(12-15)25-4)26-10-9-24-3/h5-8,11-12,14H,9-10H2,1-4H3,(H,22,23)/t14-/m0/s1. The van der Waals surface area contributed by atoms with E-state index in [2.05, 4.69) is 5.32 Å². The first-order valence-corrected chi connectivity index (χ1v) is 8.33. The number of amides is 1. The van der Waals surface area contributed by atoms with Crippen molar-refractivity contribution in [3.63, 3.8) is 0 Å². The Kier molecular flexibility index (Phi) is 6.97. The van der Waals surface area contributed by atoms with Crippen molar-refractivity contribution in [3.8, 4) is 11.5 Å². The number of nitrogens with one attached hydrogen (secondary N) is 1. The summed E-state index contributed by atoms with van der Waals surface area (Å²) >= 11 is 0. The maximum atomic E-state index is 13.7. The number of methoxy groups -OCH3 is 2. The van der Waals surface area contributed by atoms with Crippen molar-refractivity contribution in [2.75, 3.05) is 27.4 Å². The summed E-state index contributed by atoms with van der Waals surface area (Å²) in [6, 6.07) is 9.60. The Labute approximate surface area is 153 Å². The van der Waals surface area contributed by atoms with Crippen molar-refractivity contribution >= 4 is 5.91 Å². The summed E-state index contributed by atoms with van der Waals surface area (Å²) in [4.78, 5) is 12.3. The fourth-order valence-corrected chi connectivity index (χ4v) is 2.41. The van der Waals surface area contributed by atoms with E-state index in [-0.39, 0.29) is 17.5 Å². The van der Waals surface area contributed by atoms with Gasteiger partial charge in [-0.3, -0.25) is 4.79 Å². The molecular formula is C20H24FNO4. The largest absolute Gasteiger partial charge is 0.493 e. The number of aryl methyl sites for hydroxylation is 1. The minimum Gasteiger partial charge on any atom is -0.493 e. The van der Waals surface area contributed by atoms with Crippen molar-refractivity contribution in [2.24, 2.45) is 0 Å². The van der Waals surface area contributed by atoms with E-state index >= 15 is 0 Å². The first kappa shape index (κ1) is 19.7. The number of hydrogen-bond acceptors (Lipinski definition) is 4. The zero-order valence-electron chi connectivity index (χ0n) is 15.5. The van der Waals surface area contributed by atoms with Gasteiger partial charge in [0.05, 0.1) is 19.8 Å². The van der Waals surface area contributed by atoms with E-state index in [0.29, 0.717) is 30.3 Å². The second-order valence-electron chi connectivity index (χ2n) is 5.91. The van der Waals surface area contributed by atoms with Gasteiger partial charge in [-0.05, 0) is 49.2 Å². The molecule has 6 heteroatoms. The Hall–Kier alpha value is -2.60. The minimum absolute atomic E-state index is 0.284. The molecule has 26 heavy (non-hydrogen) atoms. The van der Waals surface area contributed by atoms with Crippen LogP contribution in [0.1, 0.15) is 34.5 Å². The molecule has 0 aromatic heterocycles. The van der Waals surface area contributed by atoms with E-state index < -0.39 is 5.82 Å². The van der Waals surface area contributed by atoms with Gasteiger partial charge in [-0.15, -0.1) is 0 Å². The average Bonchev–Trinajstić information content (AvgIpc) is 2.64. The Morgan fingerprint density at radius 2 is 1.88 bits per heavy atom. The lowest BCUT2D eigenvalue weighted by molar-refractivity contribution is 0.0939. The number of halogens is 1. The van der Waals surface area contributed by atoms with Gasteiger partial charge in [0.1, 0.15) is 12.4 Å². The molecule has 1 amide bonds. The van der Waals surface area contributed by atoms with Crippen molar-refractivity contribution in [1.29, 1.82) is 0 Å². The van der Waals surface area contributed by atoms with Gasteiger partial charge in [0.15, 0.2) is 11.5 Å². The lowest BCUT2D eigenvalue weighted by Crippen LogP contribution is -2.26. The first-order chi connectivity index (χ1) is 12.5. The molecular weight excluding hydrogens is 337 g/mol. The Bertz CT molecular complexity index is 763. The first-order valence-electron chi connectivity index (χ1n) is 8.33. The van der Waals surface area contributed by atoms with Gasteiger partial charge in [-0.2, -0.15) is 0 Å². The summed E-state index contributed by atoms with van der Waals surface area (Å²) < 4.78 is 29.6. The average molecular weight is 361 g/mol. The molecule has 1 atom stereocenters. The summed E-state index contributed by atoms with van der Waals surface area (Å²) in [7, 11) is 3.16. The molecule has 0 saturated heterocycles. The quantitative estimate of drug-likeness (QED) is 0.729. The maximum absolute atomic E-state index is 13.7. The third-order valence-corrected chi connectivity index (χ3v) is 4.01. The molecule has 2 rings (SSSR count). The minimum atomic E-state index is -0.399. The van der Waals surface area contributed by atoms with Gasteiger partial charge in [-0.25, -0.2) is 4.39 Å². The monoisotopic (exact) mass is 361 g/mol. The van der Waals surface area contributed by atoms with Gasteiger partial charge in [0.25, 0.3) is 5.91 Å². The topological polar surface area (TPSA) is 56.8 Å². The summed E-state index contributed by atoms with van der Waals surface area (Å²) in [5, 5.41) is 2.86. The Morgan fingerprint density at radius 3 is 2.54 bits per heavy atom. The van der Waals surface area contributed by atoms with Crippen LogP contribution in [0.2, 0.25) is 0 Å². The number of hydrogen-bond donors (Lipinski definition) is 1. The van der Waals surface area contributed by atoms with Crippen LogP contribution in [0.5, 0.6) is 11.5 Å². The normalized spacial score (nSPS) is 11.7. The van der Waals surface area contributed by atoms with E-state index in [1.54, 1.807) is 39.3 Å². The lowest BCUT2D eigenvalue weighted by atomic mass is 10.1. The molecule has 2 aromatic rings. The summed E-state index contributed by atoms with van der Waals surface area (Å²) in [6.07, 6.45) is 0. The second kappa shape index (κ2) is 9.20. The molecule has 0 bridgehead atoms. The number of benzene rings is 2. The van der Waals surface area contributed by atoms with E-state index in [4.69, 9.17) is 14.2 Å². The van der Waals surface area contributed by atoms with Gasteiger partial charge in [-0.1, -0.05) is 12.1 Å². The van der Waals surface area contributed by atoms with Gasteiger partial charge < -0.3 is 19.5 Å². The van der Waals surface area contributed by atoms with Crippen molar-refractivity contribution in [2.45, 2.75) is 19.9 Å². The van der Waals surface area contributed by atoms with E-state index in [0.717, 1.165) is 5.56 Å². The molecule has 2 aromatic carbocycles. The summed E-state index contributed by atoms with van der Waals surface area (Å²) in [5.41, 5.74) is 1.64. The fraction of sp³-hybridized carbons (Fsp3) is 0.350. The smallest absolute Gasteiger partial charge is 0.251 e. The molecule has 0 radical (unpaired) electrons. The molecule has 5 nitrogen and oxygen atoms in total. The van der Waals surface area contributed by atoms with Crippen LogP contribution in [0.3, 0.4) is 0 Å². The zero-order valence-corrected chi connectivity index (χ0v) is 15.5. The predicted octanol–water partition coefficient (Wildman–Crippen LogP) is 3.66. The molecule has 0 heterocycles.